The molecule has 0 aliphatic rings. The molecule has 8 aromatic rings. The van der Waals surface area contributed by atoms with E-state index >= 15 is 0 Å². The first-order valence-corrected chi connectivity index (χ1v) is 14.0. The van der Waals surface area contributed by atoms with Crippen LogP contribution in [0.15, 0.2) is 121 Å². The molecule has 0 spiro atoms. The molecule has 0 saturated carbocycles. The first-order valence-electron chi connectivity index (χ1n) is 12.8. The van der Waals surface area contributed by atoms with E-state index in [4.69, 9.17) is 21.6 Å². The summed E-state index contributed by atoms with van der Waals surface area (Å²) in [4.78, 5) is 10.6. The van der Waals surface area contributed by atoms with Gasteiger partial charge in [-0.2, -0.15) is 0 Å². The Bertz CT molecular complexity index is 2180. The molecular formula is C34H20ClN3S. The molecule has 0 amide bonds. The maximum Gasteiger partial charge on any atom is 0.156 e. The summed E-state index contributed by atoms with van der Waals surface area (Å²) in [5, 5.41) is 3.99. The number of thiophene rings is 1. The first-order chi connectivity index (χ1) is 19.2. The Hall–Kier alpha value is -4.51. The molecule has 0 fully saturated rings. The predicted molar refractivity (Wildman–Crippen MR) is 165 cm³/mol. The van der Waals surface area contributed by atoms with Gasteiger partial charge in [0.05, 0.1) is 11.0 Å². The zero-order valence-corrected chi connectivity index (χ0v) is 22.2. The minimum absolute atomic E-state index is 0.424. The lowest BCUT2D eigenvalue weighted by Crippen LogP contribution is -1.93. The van der Waals surface area contributed by atoms with Crippen LogP contribution in [-0.2, 0) is 0 Å². The molecule has 0 atom stereocenters. The molecule has 184 valence electrons. The molecule has 0 saturated heterocycles. The second-order valence-electron chi connectivity index (χ2n) is 9.62. The predicted octanol–water partition coefficient (Wildman–Crippen LogP) is 9.93. The van der Waals surface area contributed by atoms with Gasteiger partial charge in [-0.15, -0.1) is 11.3 Å². The molecular weight excluding hydrogens is 518 g/mol. The van der Waals surface area contributed by atoms with Crippen molar-refractivity contribution in [1.82, 2.24) is 14.5 Å². The van der Waals surface area contributed by atoms with Crippen molar-refractivity contribution in [1.29, 1.82) is 0 Å². The maximum atomic E-state index is 6.66. The Morgan fingerprint density at radius 1 is 0.564 bits per heavy atom. The zero-order chi connectivity index (χ0) is 25.9. The molecule has 5 aromatic carbocycles. The van der Waals surface area contributed by atoms with Gasteiger partial charge >= 0.3 is 0 Å². The van der Waals surface area contributed by atoms with E-state index in [-0.39, 0.29) is 0 Å². The van der Waals surface area contributed by atoms with Crippen molar-refractivity contribution in [3.8, 4) is 28.1 Å². The second-order valence-corrected chi connectivity index (χ2v) is 11.0. The Kier molecular flexibility index (Phi) is 5.05. The fraction of sp³-hybridized carbons (Fsp3) is 0. The number of para-hydroxylation sites is 2. The van der Waals surface area contributed by atoms with Crippen LogP contribution < -0.4 is 0 Å². The van der Waals surface area contributed by atoms with Crippen molar-refractivity contribution in [3.05, 3.63) is 126 Å². The molecule has 0 bridgehead atoms. The van der Waals surface area contributed by atoms with Crippen LogP contribution in [0.25, 0.3) is 70.3 Å². The molecule has 0 aliphatic carbocycles. The van der Waals surface area contributed by atoms with Gasteiger partial charge in [-0.3, -0.25) is 0 Å². The highest BCUT2D eigenvalue weighted by atomic mass is 35.5. The van der Waals surface area contributed by atoms with Gasteiger partial charge < -0.3 is 4.57 Å². The second kappa shape index (κ2) is 8.77. The molecule has 3 heterocycles. The third-order valence-electron chi connectivity index (χ3n) is 7.33. The lowest BCUT2D eigenvalue weighted by atomic mass is 10.0. The fourth-order valence-corrected chi connectivity index (χ4v) is 6.75. The molecule has 0 aliphatic heterocycles. The van der Waals surface area contributed by atoms with Gasteiger partial charge in [0.2, 0.25) is 0 Å². The SMILES string of the molecule is Clc1nc2c(nc1-c1ccccc1)sc1ccc(-c3ccc4c5ccccc5n(-c5ccccc5)c4c3)cc12. The summed E-state index contributed by atoms with van der Waals surface area (Å²) in [5.41, 5.74) is 8.37. The Morgan fingerprint density at radius 3 is 2.10 bits per heavy atom. The number of hydrogen-bond acceptors (Lipinski definition) is 3. The number of halogens is 1. The molecule has 0 radical (unpaired) electrons. The lowest BCUT2D eigenvalue weighted by molar-refractivity contribution is 1.18. The highest BCUT2D eigenvalue weighted by Gasteiger charge is 2.16. The quantitative estimate of drug-likeness (QED) is 0.224. The Labute approximate surface area is 233 Å². The van der Waals surface area contributed by atoms with Crippen molar-refractivity contribution in [2.75, 3.05) is 0 Å². The summed E-state index contributed by atoms with van der Waals surface area (Å²) in [6, 6.07) is 42.5. The third-order valence-corrected chi connectivity index (χ3v) is 8.65. The Morgan fingerprint density at radius 2 is 1.26 bits per heavy atom. The van der Waals surface area contributed by atoms with Crippen molar-refractivity contribution < 1.29 is 0 Å². The monoisotopic (exact) mass is 537 g/mol. The molecule has 5 heteroatoms. The average molecular weight is 538 g/mol. The van der Waals surface area contributed by atoms with Gasteiger partial charge in [0.25, 0.3) is 0 Å². The number of hydrogen-bond donors (Lipinski definition) is 0. The topological polar surface area (TPSA) is 30.7 Å². The van der Waals surface area contributed by atoms with Crippen LogP contribution in [0.3, 0.4) is 0 Å². The summed E-state index contributed by atoms with van der Waals surface area (Å²) in [6.45, 7) is 0. The van der Waals surface area contributed by atoms with E-state index in [0.29, 0.717) is 5.15 Å². The number of rotatable bonds is 3. The van der Waals surface area contributed by atoms with E-state index in [0.717, 1.165) is 48.5 Å². The number of nitrogens with zero attached hydrogens (tertiary/aromatic N) is 3. The van der Waals surface area contributed by atoms with E-state index in [1.54, 1.807) is 11.3 Å². The maximum absolute atomic E-state index is 6.66. The standard InChI is InChI=1S/C34H20ClN3S/c35-33-31(21-9-3-1-4-10-21)37-34-32(36-33)27-19-22(16-18-30(27)39-34)23-15-17-26-25-13-7-8-14-28(25)38(29(26)20-23)24-11-5-2-6-12-24/h1-20H. The van der Waals surface area contributed by atoms with Crippen LogP contribution in [0.4, 0.5) is 0 Å². The van der Waals surface area contributed by atoms with Gasteiger partial charge in [0.1, 0.15) is 16.0 Å². The molecule has 39 heavy (non-hydrogen) atoms. The Balaban J connectivity index is 1.32. The number of fused-ring (bicyclic) bond motifs is 6. The smallest absolute Gasteiger partial charge is 0.156 e. The summed E-state index contributed by atoms with van der Waals surface area (Å²) in [7, 11) is 0. The van der Waals surface area contributed by atoms with E-state index < -0.39 is 0 Å². The summed E-state index contributed by atoms with van der Waals surface area (Å²) < 4.78 is 3.50. The van der Waals surface area contributed by atoms with Crippen molar-refractivity contribution in [2.45, 2.75) is 0 Å². The van der Waals surface area contributed by atoms with Crippen LogP contribution >= 0.6 is 22.9 Å². The van der Waals surface area contributed by atoms with Gasteiger partial charge in [-0.1, -0.05) is 96.5 Å². The molecule has 3 aromatic heterocycles. The number of aromatic nitrogens is 3. The summed E-state index contributed by atoms with van der Waals surface area (Å²) >= 11 is 8.31. The van der Waals surface area contributed by atoms with Crippen LogP contribution in [-0.4, -0.2) is 14.5 Å². The zero-order valence-electron chi connectivity index (χ0n) is 20.7. The van der Waals surface area contributed by atoms with Crippen LogP contribution in [0, 0.1) is 0 Å². The van der Waals surface area contributed by atoms with E-state index in [1.165, 1.54) is 21.8 Å². The van der Waals surface area contributed by atoms with Crippen LogP contribution in [0.1, 0.15) is 0 Å². The third kappa shape index (κ3) is 3.57. The normalized spacial score (nSPS) is 11.7. The van der Waals surface area contributed by atoms with Crippen LogP contribution in [0.5, 0.6) is 0 Å². The highest BCUT2D eigenvalue weighted by Crippen LogP contribution is 2.39. The van der Waals surface area contributed by atoms with Gasteiger partial charge in [-0.05, 0) is 47.5 Å². The van der Waals surface area contributed by atoms with Crippen LogP contribution in [0.2, 0.25) is 5.15 Å². The largest absolute Gasteiger partial charge is 0.309 e. The van der Waals surface area contributed by atoms with E-state index in [2.05, 4.69) is 95.6 Å². The summed E-state index contributed by atoms with van der Waals surface area (Å²) in [6.07, 6.45) is 0. The molecule has 8 rings (SSSR count). The molecule has 0 unspecified atom stereocenters. The van der Waals surface area contributed by atoms with Crippen molar-refractivity contribution in [3.63, 3.8) is 0 Å². The average Bonchev–Trinajstić information content (AvgIpc) is 3.52. The fourth-order valence-electron chi connectivity index (χ4n) is 5.52. The number of benzene rings is 5. The van der Waals surface area contributed by atoms with Crippen molar-refractivity contribution in [2.24, 2.45) is 0 Å². The van der Waals surface area contributed by atoms with Gasteiger partial charge in [-0.25, -0.2) is 9.97 Å². The minimum atomic E-state index is 0.424. The first kappa shape index (κ1) is 22.5. The minimum Gasteiger partial charge on any atom is -0.309 e. The van der Waals surface area contributed by atoms with E-state index in [1.807, 2.05) is 30.3 Å². The molecule has 0 N–H and O–H groups in total. The summed E-state index contributed by atoms with van der Waals surface area (Å²) in [5.74, 6) is 0. The highest BCUT2D eigenvalue weighted by molar-refractivity contribution is 7.25. The molecule has 3 nitrogen and oxygen atoms in total. The van der Waals surface area contributed by atoms with Gasteiger partial charge in [0, 0.05) is 32.1 Å². The van der Waals surface area contributed by atoms with Gasteiger partial charge in [0.15, 0.2) is 5.15 Å². The van der Waals surface area contributed by atoms with E-state index in [9.17, 15) is 0 Å². The van der Waals surface area contributed by atoms with Crippen molar-refractivity contribution >= 4 is 65.2 Å². The lowest BCUT2D eigenvalue weighted by Gasteiger charge is -2.09.